The van der Waals surface area contributed by atoms with E-state index in [-0.39, 0.29) is 11.4 Å². The molecule has 1 aromatic rings. The molecule has 1 aromatic heterocycles. The monoisotopic (exact) mass is 328 g/mol. The number of rotatable bonds is 4. The first-order valence-corrected chi connectivity index (χ1v) is 7.88. The number of nitrogens with zero attached hydrogens (tertiary/aromatic N) is 3. The third kappa shape index (κ3) is 3.02. The number of imide groups is 1. The molecule has 0 saturated carbocycles. The molecule has 1 aliphatic heterocycles. The van der Waals surface area contributed by atoms with Crippen LogP contribution in [-0.4, -0.2) is 61.3 Å². The second-order valence-corrected chi connectivity index (χ2v) is 7.05. The lowest BCUT2D eigenvalue weighted by molar-refractivity contribution is -0.128. The number of carbonyl (C=O) groups is 2. The number of carbonyl (C=O) groups excluding carboxylic acids is 2. The minimum absolute atomic E-state index is 0.101. The van der Waals surface area contributed by atoms with E-state index in [4.69, 9.17) is 0 Å². The fourth-order valence-electron chi connectivity index (χ4n) is 1.94. The van der Waals surface area contributed by atoms with Gasteiger partial charge in [-0.3, -0.25) is 14.5 Å². The summed E-state index contributed by atoms with van der Waals surface area (Å²) in [6.07, 6.45) is 1.10. The predicted molar refractivity (Wildman–Crippen MR) is 76.7 cm³/mol. The van der Waals surface area contributed by atoms with Gasteiger partial charge in [-0.25, -0.2) is 17.5 Å². The first-order chi connectivity index (χ1) is 10.2. The van der Waals surface area contributed by atoms with Crippen LogP contribution in [0.1, 0.15) is 0 Å². The average molecular weight is 328 g/mol. The van der Waals surface area contributed by atoms with Gasteiger partial charge in [-0.2, -0.15) is 0 Å². The molecule has 2 rings (SSSR count). The van der Waals surface area contributed by atoms with Crippen molar-refractivity contribution >= 4 is 22.0 Å². The summed E-state index contributed by atoms with van der Waals surface area (Å²) < 4.78 is 26.1. The molecule has 0 bridgehead atoms. The van der Waals surface area contributed by atoms with Gasteiger partial charge >= 0.3 is 6.03 Å². The molecule has 0 aliphatic carbocycles. The maximum absolute atomic E-state index is 12.0. The zero-order valence-corrected chi connectivity index (χ0v) is 13.0. The van der Waals surface area contributed by atoms with Gasteiger partial charge in [0.2, 0.25) is 10.0 Å². The fraction of sp³-hybridized carbons (Fsp3) is 0.417. The Labute approximate surface area is 127 Å². The normalized spacial score (nSPS) is 15.2. The second-order valence-electron chi connectivity index (χ2n) is 4.90. The van der Waals surface area contributed by atoms with Crippen LogP contribution in [0.5, 0.6) is 0 Å². The van der Waals surface area contributed by atoms with E-state index >= 15 is 0 Å². The highest BCUT2D eigenvalue weighted by Gasteiger charge is 2.26. The smallest absolute Gasteiger partial charge is 0.324 e. The van der Waals surface area contributed by atoms with Crippen molar-refractivity contribution < 1.29 is 18.0 Å². The molecule has 1 saturated heterocycles. The van der Waals surface area contributed by atoms with Crippen LogP contribution in [0.15, 0.2) is 28.0 Å². The van der Waals surface area contributed by atoms with Gasteiger partial charge < -0.3 is 9.88 Å². The van der Waals surface area contributed by atoms with Gasteiger partial charge in [0.25, 0.3) is 11.5 Å². The third-order valence-electron chi connectivity index (χ3n) is 3.20. The summed E-state index contributed by atoms with van der Waals surface area (Å²) in [5.74, 6) is -0.573. The van der Waals surface area contributed by atoms with Crippen LogP contribution in [0.25, 0.3) is 0 Å². The number of nitrogens with one attached hydrogen (secondary N) is 1. The summed E-state index contributed by atoms with van der Waals surface area (Å²) in [7, 11) is -0.981. The summed E-state index contributed by atoms with van der Waals surface area (Å²) >= 11 is 0. The van der Waals surface area contributed by atoms with Gasteiger partial charge in [-0.15, -0.1) is 0 Å². The van der Waals surface area contributed by atoms with Crippen molar-refractivity contribution in [3.63, 3.8) is 0 Å². The molecule has 0 atom stereocenters. The van der Waals surface area contributed by atoms with E-state index in [1.165, 1.54) is 20.2 Å². The maximum atomic E-state index is 12.0. The van der Waals surface area contributed by atoms with Crippen molar-refractivity contribution in [2.24, 2.45) is 0 Å². The molecule has 120 valence electrons. The van der Waals surface area contributed by atoms with Gasteiger partial charge in [0, 0.05) is 39.4 Å². The summed E-state index contributed by atoms with van der Waals surface area (Å²) in [6, 6.07) is 1.74. The summed E-state index contributed by atoms with van der Waals surface area (Å²) in [4.78, 5) is 36.1. The van der Waals surface area contributed by atoms with Crippen LogP contribution in [0.2, 0.25) is 0 Å². The Hall–Kier alpha value is -2.20. The number of aromatic nitrogens is 1. The van der Waals surface area contributed by atoms with Gasteiger partial charge in [0.05, 0.1) is 4.90 Å². The topological polar surface area (TPSA) is 109 Å². The van der Waals surface area contributed by atoms with Gasteiger partial charge in [-0.05, 0) is 6.07 Å². The highest BCUT2D eigenvalue weighted by Crippen LogP contribution is 2.10. The number of sulfonamides is 1. The molecule has 0 aromatic carbocycles. The van der Waals surface area contributed by atoms with E-state index in [1.807, 2.05) is 0 Å². The van der Waals surface area contributed by atoms with Crippen LogP contribution in [0.4, 0.5) is 4.79 Å². The number of amides is 3. The minimum Gasteiger partial charge on any atom is -0.336 e. The molecule has 2 heterocycles. The molecule has 0 unspecified atom stereocenters. The summed E-state index contributed by atoms with van der Waals surface area (Å²) in [5.41, 5.74) is -0.523. The first kappa shape index (κ1) is 16.2. The minimum atomic E-state index is -3.71. The molecule has 0 spiro atoms. The molecule has 3 amide bonds. The fourth-order valence-corrected chi connectivity index (χ4v) is 2.86. The molecular formula is C12H16N4O5S. The molecule has 9 nitrogen and oxygen atoms in total. The Morgan fingerprint density at radius 3 is 2.55 bits per heavy atom. The van der Waals surface area contributed by atoms with Crippen molar-refractivity contribution in [2.75, 3.05) is 27.2 Å². The zero-order valence-electron chi connectivity index (χ0n) is 12.1. The molecule has 0 radical (unpaired) electrons. The van der Waals surface area contributed by atoms with E-state index in [9.17, 15) is 22.8 Å². The zero-order chi connectivity index (χ0) is 16.5. The van der Waals surface area contributed by atoms with Gasteiger partial charge in [0.1, 0.15) is 6.54 Å². The van der Waals surface area contributed by atoms with E-state index in [0.29, 0.717) is 6.54 Å². The van der Waals surface area contributed by atoms with E-state index < -0.39 is 34.1 Å². The van der Waals surface area contributed by atoms with E-state index in [1.54, 1.807) is 0 Å². The predicted octanol–water partition coefficient (Wildman–Crippen LogP) is -1.35. The van der Waals surface area contributed by atoms with Gasteiger partial charge in [-0.1, -0.05) is 0 Å². The molecule has 1 N–H and O–H groups in total. The lowest BCUT2D eigenvalue weighted by Gasteiger charge is -2.15. The average Bonchev–Trinajstić information content (AvgIpc) is 2.87. The Bertz CT molecular complexity index is 768. The van der Waals surface area contributed by atoms with E-state index in [0.717, 1.165) is 26.0 Å². The number of hydrogen-bond acceptors (Lipinski definition) is 5. The molecule has 1 aliphatic rings. The van der Waals surface area contributed by atoms with E-state index in [2.05, 4.69) is 5.32 Å². The molecule has 10 heteroatoms. The first-order valence-electron chi connectivity index (χ1n) is 6.44. The SMILES string of the molecule is CN(C)S(=O)(=O)c1ccc(=O)n(CC(=O)N2CCNC2=O)c1. The second kappa shape index (κ2) is 5.89. The molecule has 1 fully saturated rings. The summed E-state index contributed by atoms with van der Waals surface area (Å²) in [6.45, 7) is 0.180. The third-order valence-corrected chi connectivity index (χ3v) is 5.00. The summed E-state index contributed by atoms with van der Waals surface area (Å²) in [5, 5.41) is 2.48. The van der Waals surface area contributed by atoms with Crippen LogP contribution in [-0.2, 0) is 21.4 Å². The molecular weight excluding hydrogens is 312 g/mol. The quantitative estimate of drug-likeness (QED) is 0.735. The number of urea groups is 1. The molecule has 22 heavy (non-hydrogen) atoms. The van der Waals surface area contributed by atoms with Crippen molar-refractivity contribution in [1.82, 2.24) is 19.1 Å². The highest BCUT2D eigenvalue weighted by atomic mass is 32.2. The number of pyridine rings is 1. The van der Waals surface area contributed by atoms with Crippen LogP contribution >= 0.6 is 0 Å². The van der Waals surface area contributed by atoms with Crippen molar-refractivity contribution in [3.8, 4) is 0 Å². The Morgan fingerprint density at radius 1 is 1.32 bits per heavy atom. The Balaban J connectivity index is 2.30. The maximum Gasteiger partial charge on any atom is 0.324 e. The highest BCUT2D eigenvalue weighted by molar-refractivity contribution is 7.89. The van der Waals surface area contributed by atoms with Crippen LogP contribution < -0.4 is 10.9 Å². The lowest BCUT2D eigenvalue weighted by atomic mass is 10.4. The van der Waals surface area contributed by atoms with Crippen LogP contribution in [0.3, 0.4) is 0 Å². The lowest BCUT2D eigenvalue weighted by Crippen LogP contribution is -2.38. The standard InChI is InChI=1S/C12H16N4O5S/c1-14(2)22(20,21)9-3-4-10(17)15(7-9)8-11(18)16-6-5-13-12(16)19/h3-4,7H,5-6,8H2,1-2H3,(H,13,19). The van der Waals surface area contributed by atoms with Crippen molar-refractivity contribution in [3.05, 3.63) is 28.7 Å². The Morgan fingerprint density at radius 2 is 2.00 bits per heavy atom. The van der Waals surface area contributed by atoms with Gasteiger partial charge in [0.15, 0.2) is 0 Å². The van der Waals surface area contributed by atoms with Crippen molar-refractivity contribution in [2.45, 2.75) is 11.4 Å². The van der Waals surface area contributed by atoms with Crippen molar-refractivity contribution in [1.29, 1.82) is 0 Å². The van der Waals surface area contributed by atoms with Crippen LogP contribution in [0, 0.1) is 0 Å². The largest absolute Gasteiger partial charge is 0.336 e. The Kier molecular flexibility index (Phi) is 4.33. The number of hydrogen-bond donors (Lipinski definition) is 1.